The van der Waals surface area contributed by atoms with Crippen molar-refractivity contribution in [3.63, 3.8) is 0 Å². The molecule has 0 bridgehead atoms. The summed E-state index contributed by atoms with van der Waals surface area (Å²) in [4.78, 5) is 17.0. The normalized spacial score (nSPS) is 11.4. The van der Waals surface area contributed by atoms with Crippen molar-refractivity contribution < 1.29 is 0 Å². The minimum absolute atomic E-state index is 0.0882. The highest BCUT2D eigenvalue weighted by atomic mass is 79.9. The Hall–Kier alpha value is -1.56. The number of aromatic nitrogens is 4. The SMILES string of the molecule is CC(C)(C)c1nc(Br)cc(NCc2ccncn2)n1. The highest BCUT2D eigenvalue weighted by Crippen LogP contribution is 2.22. The van der Waals surface area contributed by atoms with E-state index in [-0.39, 0.29) is 5.41 Å². The summed E-state index contributed by atoms with van der Waals surface area (Å²) in [5.41, 5.74) is 0.830. The second-order valence-corrected chi connectivity index (χ2v) is 6.02. The Morgan fingerprint density at radius 1 is 1.26 bits per heavy atom. The van der Waals surface area contributed by atoms with Gasteiger partial charge in [0, 0.05) is 17.7 Å². The molecule has 0 saturated heterocycles. The largest absolute Gasteiger partial charge is 0.364 e. The van der Waals surface area contributed by atoms with Crippen LogP contribution in [0.15, 0.2) is 29.3 Å². The van der Waals surface area contributed by atoms with Crippen molar-refractivity contribution in [2.45, 2.75) is 32.7 Å². The van der Waals surface area contributed by atoms with Gasteiger partial charge in [0.2, 0.25) is 0 Å². The molecule has 19 heavy (non-hydrogen) atoms. The fraction of sp³-hybridized carbons (Fsp3) is 0.385. The predicted octanol–water partition coefficient (Wildman–Crippen LogP) is 2.94. The van der Waals surface area contributed by atoms with Gasteiger partial charge < -0.3 is 5.32 Å². The van der Waals surface area contributed by atoms with Gasteiger partial charge in [0.05, 0.1) is 12.2 Å². The molecule has 1 N–H and O–H groups in total. The van der Waals surface area contributed by atoms with Gasteiger partial charge in [-0.25, -0.2) is 19.9 Å². The molecule has 0 atom stereocenters. The molecule has 0 radical (unpaired) electrons. The van der Waals surface area contributed by atoms with Crippen molar-refractivity contribution in [1.82, 2.24) is 19.9 Å². The Bertz CT molecular complexity index is 551. The lowest BCUT2D eigenvalue weighted by molar-refractivity contribution is 0.544. The number of nitrogens with one attached hydrogen (secondary N) is 1. The Labute approximate surface area is 121 Å². The maximum Gasteiger partial charge on any atom is 0.137 e. The Morgan fingerprint density at radius 2 is 2.05 bits per heavy atom. The summed E-state index contributed by atoms with van der Waals surface area (Å²) in [5.74, 6) is 1.58. The summed E-state index contributed by atoms with van der Waals surface area (Å²) in [6, 6.07) is 3.73. The molecule has 0 aliphatic carbocycles. The average Bonchev–Trinajstić information content (AvgIpc) is 2.36. The van der Waals surface area contributed by atoms with Crippen molar-refractivity contribution >= 4 is 21.7 Å². The summed E-state index contributed by atoms with van der Waals surface area (Å²) in [6.07, 6.45) is 3.26. The Kier molecular flexibility index (Phi) is 4.09. The van der Waals surface area contributed by atoms with Gasteiger partial charge in [0.25, 0.3) is 0 Å². The topological polar surface area (TPSA) is 63.6 Å². The smallest absolute Gasteiger partial charge is 0.137 e. The number of rotatable bonds is 3. The first kappa shape index (κ1) is 13.9. The van der Waals surface area contributed by atoms with E-state index in [1.807, 2.05) is 12.1 Å². The fourth-order valence-corrected chi connectivity index (χ4v) is 1.83. The van der Waals surface area contributed by atoms with Gasteiger partial charge in [-0.3, -0.25) is 0 Å². The minimum Gasteiger partial charge on any atom is -0.364 e. The maximum absolute atomic E-state index is 4.52. The fourth-order valence-electron chi connectivity index (χ4n) is 1.45. The Balaban J connectivity index is 2.15. The molecule has 0 fully saturated rings. The third-order valence-electron chi connectivity index (χ3n) is 2.46. The minimum atomic E-state index is -0.0882. The summed E-state index contributed by atoms with van der Waals surface area (Å²) in [6.45, 7) is 6.87. The highest BCUT2D eigenvalue weighted by Gasteiger charge is 2.18. The van der Waals surface area contributed by atoms with E-state index in [1.165, 1.54) is 6.33 Å². The maximum atomic E-state index is 4.52. The lowest BCUT2D eigenvalue weighted by atomic mass is 9.96. The number of anilines is 1. The molecule has 0 unspecified atom stereocenters. The first-order valence-electron chi connectivity index (χ1n) is 5.99. The first-order chi connectivity index (χ1) is 8.95. The van der Waals surface area contributed by atoms with Gasteiger partial charge >= 0.3 is 0 Å². The standard InChI is InChI=1S/C13H16BrN5/c1-13(2,3)12-18-10(14)6-11(19-12)16-7-9-4-5-15-8-17-9/h4-6,8H,7H2,1-3H3,(H,16,18,19). The van der Waals surface area contributed by atoms with Crippen LogP contribution in [-0.4, -0.2) is 19.9 Å². The van der Waals surface area contributed by atoms with Gasteiger partial charge in [-0.15, -0.1) is 0 Å². The third-order valence-corrected chi connectivity index (χ3v) is 2.87. The van der Waals surface area contributed by atoms with Crippen LogP contribution in [0.1, 0.15) is 32.3 Å². The summed E-state index contributed by atoms with van der Waals surface area (Å²) in [7, 11) is 0. The van der Waals surface area contributed by atoms with E-state index in [1.54, 1.807) is 6.20 Å². The van der Waals surface area contributed by atoms with Gasteiger partial charge in [-0.05, 0) is 22.0 Å². The highest BCUT2D eigenvalue weighted by molar-refractivity contribution is 9.10. The van der Waals surface area contributed by atoms with Crippen LogP contribution in [0.4, 0.5) is 5.82 Å². The van der Waals surface area contributed by atoms with E-state index >= 15 is 0 Å². The van der Waals surface area contributed by atoms with Crippen LogP contribution >= 0.6 is 15.9 Å². The van der Waals surface area contributed by atoms with Crippen LogP contribution in [0.3, 0.4) is 0 Å². The molecule has 0 saturated carbocycles. The van der Waals surface area contributed by atoms with Crippen molar-refractivity contribution in [2.24, 2.45) is 0 Å². The van der Waals surface area contributed by atoms with Crippen molar-refractivity contribution in [3.8, 4) is 0 Å². The predicted molar refractivity (Wildman–Crippen MR) is 77.8 cm³/mol. The number of nitrogens with zero attached hydrogens (tertiary/aromatic N) is 4. The van der Waals surface area contributed by atoms with Gasteiger partial charge in [0.1, 0.15) is 22.6 Å². The van der Waals surface area contributed by atoms with E-state index in [9.17, 15) is 0 Å². The number of hydrogen-bond donors (Lipinski definition) is 1. The van der Waals surface area contributed by atoms with Gasteiger partial charge in [0.15, 0.2) is 0 Å². The van der Waals surface area contributed by atoms with Crippen LogP contribution in [0, 0.1) is 0 Å². The molecule has 6 heteroatoms. The molecular formula is C13H16BrN5. The summed E-state index contributed by atoms with van der Waals surface area (Å²) >= 11 is 3.41. The number of halogens is 1. The van der Waals surface area contributed by atoms with E-state index in [4.69, 9.17) is 0 Å². The zero-order valence-corrected chi connectivity index (χ0v) is 12.8. The molecule has 100 valence electrons. The molecule has 0 aromatic carbocycles. The zero-order valence-electron chi connectivity index (χ0n) is 11.2. The molecule has 0 aliphatic rings. The summed E-state index contributed by atoms with van der Waals surface area (Å²) < 4.78 is 0.776. The molecule has 2 rings (SSSR count). The van der Waals surface area contributed by atoms with Crippen LogP contribution in [0.5, 0.6) is 0 Å². The molecule has 0 spiro atoms. The zero-order chi connectivity index (χ0) is 13.9. The molecule has 2 heterocycles. The van der Waals surface area contributed by atoms with E-state index in [0.717, 1.165) is 21.9 Å². The molecule has 0 amide bonds. The van der Waals surface area contributed by atoms with Crippen LogP contribution in [-0.2, 0) is 12.0 Å². The number of hydrogen-bond acceptors (Lipinski definition) is 5. The lowest BCUT2D eigenvalue weighted by Gasteiger charge is -2.17. The average molecular weight is 322 g/mol. The summed E-state index contributed by atoms with van der Waals surface area (Å²) in [5, 5.41) is 3.24. The first-order valence-corrected chi connectivity index (χ1v) is 6.78. The quantitative estimate of drug-likeness (QED) is 0.880. The van der Waals surface area contributed by atoms with E-state index < -0.39 is 0 Å². The second-order valence-electron chi connectivity index (χ2n) is 5.20. The van der Waals surface area contributed by atoms with Crippen molar-refractivity contribution in [1.29, 1.82) is 0 Å². The van der Waals surface area contributed by atoms with Crippen LogP contribution < -0.4 is 5.32 Å². The molecule has 5 nitrogen and oxygen atoms in total. The van der Waals surface area contributed by atoms with Crippen LogP contribution in [0.2, 0.25) is 0 Å². The molecule has 0 aliphatic heterocycles. The monoisotopic (exact) mass is 321 g/mol. The molecule has 2 aromatic heterocycles. The van der Waals surface area contributed by atoms with Gasteiger partial charge in [-0.2, -0.15) is 0 Å². The molecular weight excluding hydrogens is 306 g/mol. The van der Waals surface area contributed by atoms with E-state index in [0.29, 0.717) is 6.54 Å². The van der Waals surface area contributed by atoms with E-state index in [2.05, 4.69) is 62.0 Å². The van der Waals surface area contributed by atoms with Crippen molar-refractivity contribution in [2.75, 3.05) is 5.32 Å². The van der Waals surface area contributed by atoms with Crippen molar-refractivity contribution in [3.05, 3.63) is 40.8 Å². The second kappa shape index (κ2) is 5.61. The van der Waals surface area contributed by atoms with Gasteiger partial charge in [-0.1, -0.05) is 20.8 Å². The third kappa shape index (κ3) is 3.96. The van der Waals surface area contributed by atoms with Crippen LogP contribution in [0.25, 0.3) is 0 Å². The lowest BCUT2D eigenvalue weighted by Crippen LogP contribution is -2.17. The molecule has 2 aromatic rings. The Morgan fingerprint density at radius 3 is 2.68 bits per heavy atom.